The molecule has 2 amide bonds. The molecule has 11 heteroatoms. The summed E-state index contributed by atoms with van der Waals surface area (Å²) in [5.41, 5.74) is 3.59. The largest absolute Gasteiger partial charge is 0.497 e. The summed E-state index contributed by atoms with van der Waals surface area (Å²) < 4.78 is 10.8. The quantitative estimate of drug-likeness (QED) is 0.303. The van der Waals surface area contributed by atoms with Crippen molar-refractivity contribution in [3.8, 4) is 17.0 Å². The van der Waals surface area contributed by atoms with Crippen LogP contribution in [0.4, 0.5) is 5.95 Å². The van der Waals surface area contributed by atoms with Gasteiger partial charge in [0.25, 0.3) is 5.91 Å². The van der Waals surface area contributed by atoms with Gasteiger partial charge in [-0.05, 0) is 69.1 Å². The van der Waals surface area contributed by atoms with Gasteiger partial charge in [-0.2, -0.15) is 0 Å². The zero-order chi connectivity index (χ0) is 29.6. The second kappa shape index (κ2) is 13.5. The lowest BCUT2D eigenvalue weighted by atomic mass is 10.0. The minimum absolute atomic E-state index is 0.192. The van der Waals surface area contributed by atoms with Crippen molar-refractivity contribution in [1.29, 1.82) is 0 Å². The topological polar surface area (TPSA) is 118 Å². The van der Waals surface area contributed by atoms with Crippen LogP contribution in [0.15, 0.2) is 48.7 Å². The number of amides is 2. The van der Waals surface area contributed by atoms with Crippen molar-refractivity contribution in [2.75, 3.05) is 39.2 Å². The number of hydrogen-bond acceptors (Lipinski definition) is 8. The van der Waals surface area contributed by atoms with Crippen LogP contribution in [0.2, 0.25) is 5.02 Å². The highest BCUT2D eigenvalue weighted by Gasteiger charge is 2.37. The molecule has 3 aromatic rings. The molecule has 2 aromatic carbocycles. The fourth-order valence-electron chi connectivity index (χ4n) is 5.40. The monoisotopic (exact) mass is 592 g/mol. The Bertz CT molecular complexity index is 1430. The molecule has 2 aliphatic heterocycles. The molecule has 222 valence electrons. The number of fused-ring (bicyclic) bond motifs is 1. The number of ether oxygens (including phenoxy) is 2. The van der Waals surface area contributed by atoms with E-state index in [0.29, 0.717) is 60.5 Å². The standard InChI is InChI=1S/C31H37ClN6O4/c1-19(20-5-4-6-24(15-20)41-3)35-29(39)27(9-12-33-2)38-18-22-8-7-21(16-25(22)30(38)40)28-26(32)17-34-31(37-28)36-23-10-13-42-14-11-23/h4-8,15-17,19,23,27,33H,9-14,18H2,1-3H3,(H,35,39)(H,34,36,37)/t19-,27-/m1/s1. The molecule has 1 saturated heterocycles. The molecule has 10 nitrogen and oxygen atoms in total. The van der Waals surface area contributed by atoms with Gasteiger partial charge in [0.15, 0.2) is 0 Å². The summed E-state index contributed by atoms with van der Waals surface area (Å²) in [6.07, 6.45) is 3.81. The molecular formula is C31H37ClN6O4. The predicted molar refractivity (Wildman–Crippen MR) is 162 cm³/mol. The molecule has 42 heavy (non-hydrogen) atoms. The molecule has 0 radical (unpaired) electrons. The van der Waals surface area contributed by atoms with Crippen molar-refractivity contribution in [1.82, 2.24) is 25.5 Å². The van der Waals surface area contributed by atoms with Crippen LogP contribution >= 0.6 is 11.6 Å². The lowest BCUT2D eigenvalue weighted by Crippen LogP contribution is -2.48. The highest BCUT2D eigenvalue weighted by Crippen LogP contribution is 2.33. The number of nitrogens with one attached hydrogen (secondary N) is 3. The van der Waals surface area contributed by atoms with E-state index in [1.54, 1.807) is 18.2 Å². The summed E-state index contributed by atoms with van der Waals surface area (Å²) in [4.78, 5) is 38.0. The number of aromatic nitrogens is 2. The number of anilines is 1. The van der Waals surface area contributed by atoms with E-state index in [1.807, 2.05) is 56.4 Å². The van der Waals surface area contributed by atoms with Crippen molar-refractivity contribution in [3.63, 3.8) is 0 Å². The number of benzene rings is 2. The third kappa shape index (κ3) is 6.67. The van der Waals surface area contributed by atoms with E-state index in [-0.39, 0.29) is 23.9 Å². The Morgan fingerprint density at radius 1 is 1.21 bits per heavy atom. The summed E-state index contributed by atoms with van der Waals surface area (Å²) in [6, 6.07) is 12.6. The van der Waals surface area contributed by atoms with Gasteiger partial charge in [-0.1, -0.05) is 35.9 Å². The Balaban J connectivity index is 1.34. The molecule has 1 aromatic heterocycles. The first kappa shape index (κ1) is 29.8. The second-order valence-corrected chi connectivity index (χ2v) is 11.0. The second-order valence-electron chi connectivity index (χ2n) is 10.6. The maximum absolute atomic E-state index is 13.8. The molecule has 3 heterocycles. The van der Waals surface area contributed by atoms with Crippen LogP contribution in [-0.4, -0.2) is 72.7 Å². The van der Waals surface area contributed by atoms with Crippen LogP contribution in [0.3, 0.4) is 0 Å². The minimum atomic E-state index is -0.647. The van der Waals surface area contributed by atoms with Crippen molar-refractivity contribution >= 4 is 29.4 Å². The SMILES string of the molecule is CNCC[C@H](C(=O)N[C@H](C)c1cccc(OC)c1)N1Cc2ccc(-c3nc(NC4CCOCC4)ncc3Cl)cc2C1=O. The Morgan fingerprint density at radius 3 is 2.79 bits per heavy atom. The molecule has 2 atom stereocenters. The van der Waals surface area contributed by atoms with Gasteiger partial charge in [0, 0.05) is 36.9 Å². The Labute approximate surface area is 251 Å². The van der Waals surface area contributed by atoms with Gasteiger partial charge in [-0.25, -0.2) is 9.97 Å². The molecule has 0 unspecified atom stereocenters. The molecule has 2 aliphatic rings. The average Bonchev–Trinajstić information content (AvgIpc) is 3.34. The van der Waals surface area contributed by atoms with E-state index in [4.69, 9.17) is 21.1 Å². The van der Waals surface area contributed by atoms with Gasteiger partial charge in [0.2, 0.25) is 11.9 Å². The number of methoxy groups -OCH3 is 1. The van der Waals surface area contributed by atoms with Crippen LogP contribution in [0.5, 0.6) is 5.75 Å². The van der Waals surface area contributed by atoms with Crippen LogP contribution in [0.1, 0.15) is 53.7 Å². The van der Waals surface area contributed by atoms with Crippen LogP contribution < -0.4 is 20.7 Å². The van der Waals surface area contributed by atoms with Gasteiger partial charge in [-0.15, -0.1) is 0 Å². The van der Waals surface area contributed by atoms with E-state index in [0.717, 1.165) is 29.7 Å². The molecule has 3 N–H and O–H groups in total. The minimum Gasteiger partial charge on any atom is -0.497 e. The van der Waals surface area contributed by atoms with Crippen LogP contribution in [0.25, 0.3) is 11.3 Å². The van der Waals surface area contributed by atoms with Crippen LogP contribution in [-0.2, 0) is 16.1 Å². The summed E-state index contributed by atoms with van der Waals surface area (Å²) in [7, 11) is 3.44. The summed E-state index contributed by atoms with van der Waals surface area (Å²) >= 11 is 6.52. The first-order valence-electron chi connectivity index (χ1n) is 14.3. The molecular weight excluding hydrogens is 556 g/mol. The fourth-order valence-corrected chi connectivity index (χ4v) is 5.60. The average molecular weight is 593 g/mol. The number of hydrogen-bond donors (Lipinski definition) is 3. The molecule has 0 saturated carbocycles. The maximum atomic E-state index is 13.8. The highest BCUT2D eigenvalue weighted by atomic mass is 35.5. The van der Waals surface area contributed by atoms with Crippen LogP contribution in [0, 0.1) is 0 Å². The molecule has 0 aliphatic carbocycles. The van der Waals surface area contributed by atoms with E-state index >= 15 is 0 Å². The number of halogens is 1. The van der Waals surface area contributed by atoms with Gasteiger partial charge in [0.1, 0.15) is 11.8 Å². The summed E-state index contributed by atoms with van der Waals surface area (Å²) in [5, 5.41) is 9.98. The zero-order valence-electron chi connectivity index (χ0n) is 24.2. The van der Waals surface area contributed by atoms with Gasteiger partial charge >= 0.3 is 0 Å². The predicted octanol–water partition coefficient (Wildman–Crippen LogP) is 4.21. The molecule has 1 fully saturated rings. The van der Waals surface area contributed by atoms with E-state index in [2.05, 4.69) is 25.9 Å². The molecule has 0 spiro atoms. The first-order valence-corrected chi connectivity index (χ1v) is 14.7. The van der Waals surface area contributed by atoms with E-state index in [9.17, 15) is 9.59 Å². The number of nitrogens with zero attached hydrogens (tertiary/aromatic N) is 3. The maximum Gasteiger partial charge on any atom is 0.255 e. The number of rotatable bonds is 11. The lowest BCUT2D eigenvalue weighted by Gasteiger charge is -2.28. The zero-order valence-corrected chi connectivity index (χ0v) is 24.9. The Morgan fingerprint density at radius 2 is 2.02 bits per heavy atom. The number of carbonyl (C=O) groups excluding carboxylic acids is 2. The van der Waals surface area contributed by atoms with Crippen molar-refractivity contribution < 1.29 is 19.1 Å². The highest BCUT2D eigenvalue weighted by molar-refractivity contribution is 6.33. The van der Waals surface area contributed by atoms with E-state index < -0.39 is 6.04 Å². The molecule has 5 rings (SSSR count). The summed E-state index contributed by atoms with van der Waals surface area (Å²) in [6.45, 7) is 4.25. The molecule has 0 bridgehead atoms. The Hall–Kier alpha value is -3.73. The van der Waals surface area contributed by atoms with E-state index in [1.165, 1.54) is 0 Å². The van der Waals surface area contributed by atoms with Gasteiger partial charge in [0.05, 0.1) is 30.1 Å². The number of carbonyl (C=O) groups is 2. The van der Waals surface area contributed by atoms with Gasteiger partial charge < -0.3 is 30.3 Å². The van der Waals surface area contributed by atoms with Crippen molar-refractivity contribution in [2.24, 2.45) is 0 Å². The van der Waals surface area contributed by atoms with Crippen molar-refractivity contribution in [2.45, 2.75) is 50.9 Å². The lowest BCUT2D eigenvalue weighted by molar-refractivity contribution is -0.126. The van der Waals surface area contributed by atoms with Crippen molar-refractivity contribution in [3.05, 3.63) is 70.4 Å². The third-order valence-electron chi connectivity index (χ3n) is 7.81. The third-order valence-corrected chi connectivity index (χ3v) is 8.09. The smallest absolute Gasteiger partial charge is 0.255 e. The first-order chi connectivity index (χ1) is 20.4. The Kier molecular flexibility index (Phi) is 9.56. The fraction of sp³-hybridized carbons (Fsp3) is 0.419. The van der Waals surface area contributed by atoms with Gasteiger partial charge in [-0.3, -0.25) is 9.59 Å². The summed E-state index contributed by atoms with van der Waals surface area (Å²) in [5.74, 6) is 0.813. The normalized spacial score (nSPS) is 16.6.